The fraction of sp³-hybridized carbons (Fsp3) is 0.286. The van der Waals surface area contributed by atoms with Crippen LogP contribution in [0.5, 0.6) is 5.75 Å². The number of nitrogens with zero attached hydrogens (tertiary/aromatic N) is 2. The zero-order valence-corrected chi connectivity index (χ0v) is 10.9. The molecule has 0 unspecified atom stereocenters. The quantitative estimate of drug-likeness (QED) is 0.898. The van der Waals surface area contributed by atoms with Crippen molar-refractivity contribution in [3.8, 4) is 17.0 Å². The van der Waals surface area contributed by atoms with Crippen molar-refractivity contribution < 1.29 is 4.74 Å². The first kappa shape index (κ1) is 12.5. The number of rotatable bonds is 3. The molecule has 0 radical (unpaired) electrons. The van der Waals surface area contributed by atoms with E-state index in [0.29, 0.717) is 6.54 Å². The summed E-state index contributed by atoms with van der Waals surface area (Å²) in [6.45, 7) is 4.50. The normalized spacial score (nSPS) is 10.4. The first-order valence-electron chi connectivity index (χ1n) is 5.82. The molecule has 0 bridgehead atoms. The van der Waals surface area contributed by atoms with E-state index in [1.165, 1.54) is 11.9 Å². The van der Waals surface area contributed by atoms with Crippen LogP contribution in [0.3, 0.4) is 0 Å². The Morgan fingerprint density at radius 3 is 2.61 bits per heavy atom. The maximum absolute atomic E-state index is 5.61. The summed E-state index contributed by atoms with van der Waals surface area (Å²) >= 11 is 0. The van der Waals surface area contributed by atoms with Crippen molar-refractivity contribution in [2.45, 2.75) is 20.4 Å². The third-order valence-electron chi connectivity index (χ3n) is 2.85. The molecule has 2 N–H and O–H groups in total. The molecule has 0 atom stereocenters. The lowest BCUT2D eigenvalue weighted by Crippen LogP contribution is -2.01. The number of hydrogen-bond donors (Lipinski definition) is 1. The van der Waals surface area contributed by atoms with Crippen LogP contribution < -0.4 is 10.5 Å². The molecule has 2 rings (SSSR count). The van der Waals surface area contributed by atoms with Crippen LogP contribution in [-0.4, -0.2) is 17.1 Å². The van der Waals surface area contributed by atoms with E-state index in [0.717, 1.165) is 28.3 Å². The van der Waals surface area contributed by atoms with Gasteiger partial charge in [-0.1, -0.05) is 6.07 Å². The second kappa shape index (κ2) is 5.14. The van der Waals surface area contributed by atoms with E-state index in [2.05, 4.69) is 23.0 Å². The highest BCUT2D eigenvalue weighted by Crippen LogP contribution is 2.33. The van der Waals surface area contributed by atoms with Crippen molar-refractivity contribution in [3.05, 3.63) is 41.3 Å². The molecule has 4 heteroatoms. The summed E-state index contributed by atoms with van der Waals surface area (Å²) in [5, 5.41) is 0. The van der Waals surface area contributed by atoms with Crippen molar-refractivity contribution in [3.63, 3.8) is 0 Å². The summed E-state index contributed by atoms with van der Waals surface area (Å²) in [6.07, 6.45) is 1.54. The van der Waals surface area contributed by atoms with Crippen molar-refractivity contribution in [2.24, 2.45) is 5.73 Å². The number of nitrogens with two attached hydrogens (primary N) is 1. The third kappa shape index (κ3) is 2.33. The van der Waals surface area contributed by atoms with Gasteiger partial charge < -0.3 is 10.5 Å². The Hall–Kier alpha value is -1.94. The first-order chi connectivity index (χ1) is 8.65. The Balaban J connectivity index is 2.62. The van der Waals surface area contributed by atoms with Crippen molar-refractivity contribution in [1.29, 1.82) is 0 Å². The number of aryl methyl sites for hydroxylation is 2. The van der Waals surface area contributed by atoms with Gasteiger partial charge in [-0.05, 0) is 37.1 Å². The van der Waals surface area contributed by atoms with Crippen molar-refractivity contribution >= 4 is 0 Å². The van der Waals surface area contributed by atoms with Crippen LogP contribution >= 0.6 is 0 Å². The van der Waals surface area contributed by atoms with Crippen LogP contribution in [0.2, 0.25) is 0 Å². The highest BCUT2D eigenvalue weighted by atomic mass is 16.5. The standard InChI is InChI=1S/C14H17N3O/c1-9-4-10(2)14(13(5-9)18-3)12-6-11(7-15)16-8-17-12/h4-6,8H,7,15H2,1-3H3. The minimum absolute atomic E-state index is 0.406. The van der Waals surface area contributed by atoms with Gasteiger partial charge in [0.25, 0.3) is 0 Å². The summed E-state index contributed by atoms with van der Waals surface area (Å²) in [5.74, 6) is 0.828. The van der Waals surface area contributed by atoms with E-state index in [1.807, 2.05) is 19.1 Å². The molecule has 0 aliphatic rings. The maximum atomic E-state index is 5.61. The lowest BCUT2D eigenvalue weighted by Gasteiger charge is -2.12. The average Bonchev–Trinajstić information content (AvgIpc) is 2.37. The number of ether oxygens (including phenoxy) is 1. The molecule has 0 saturated heterocycles. The van der Waals surface area contributed by atoms with Gasteiger partial charge in [0, 0.05) is 12.1 Å². The summed E-state index contributed by atoms with van der Waals surface area (Å²) in [5.41, 5.74) is 10.6. The lowest BCUT2D eigenvalue weighted by molar-refractivity contribution is 0.415. The number of hydrogen-bond acceptors (Lipinski definition) is 4. The Labute approximate surface area is 107 Å². The van der Waals surface area contributed by atoms with E-state index in [9.17, 15) is 0 Å². The van der Waals surface area contributed by atoms with Gasteiger partial charge in [-0.15, -0.1) is 0 Å². The predicted molar refractivity (Wildman–Crippen MR) is 71.4 cm³/mol. The Morgan fingerprint density at radius 2 is 1.94 bits per heavy atom. The largest absolute Gasteiger partial charge is 0.496 e. The molecule has 0 spiro atoms. The first-order valence-corrected chi connectivity index (χ1v) is 5.82. The summed E-state index contributed by atoms with van der Waals surface area (Å²) in [4.78, 5) is 8.42. The van der Waals surface area contributed by atoms with Gasteiger partial charge in [-0.3, -0.25) is 0 Å². The molecule has 2 aromatic rings. The molecule has 0 fully saturated rings. The topological polar surface area (TPSA) is 61.0 Å². The smallest absolute Gasteiger partial charge is 0.128 e. The highest BCUT2D eigenvalue weighted by molar-refractivity contribution is 5.71. The lowest BCUT2D eigenvalue weighted by atomic mass is 10.0. The molecule has 94 valence electrons. The molecular weight excluding hydrogens is 226 g/mol. The zero-order chi connectivity index (χ0) is 13.1. The van der Waals surface area contributed by atoms with Crippen LogP contribution in [-0.2, 0) is 6.54 Å². The van der Waals surface area contributed by atoms with Crippen LogP contribution in [0.25, 0.3) is 11.3 Å². The number of benzene rings is 1. The zero-order valence-electron chi connectivity index (χ0n) is 10.9. The highest BCUT2D eigenvalue weighted by Gasteiger charge is 2.12. The number of methoxy groups -OCH3 is 1. The molecule has 18 heavy (non-hydrogen) atoms. The van der Waals surface area contributed by atoms with Gasteiger partial charge >= 0.3 is 0 Å². The molecule has 0 saturated carbocycles. The van der Waals surface area contributed by atoms with Crippen molar-refractivity contribution in [2.75, 3.05) is 7.11 Å². The molecule has 0 aliphatic carbocycles. The monoisotopic (exact) mass is 243 g/mol. The maximum Gasteiger partial charge on any atom is 0.128 e. The van der Waals surface area contributed by atoms with E-state index >= 15 is 0 Å². The van der Waals surface area contributed by atoms with E-state index in [-0.39, 0.29) is 0 Å². The molecular formula is C14H17N3O. The SMILES string of the molecule is COc1cc(C)cc(C)c1-c1cc(CN)ncn1. The Bertz CT molecular complexity index is 567. The third-order valence-corrected chi connectivity index (χ3v) is 2.85. The summed E-state index contributed by atoms with van der Waals surface area (Å²) in [6, 6.07) is 6.02. The minimum Gasteiger partial charge on any atom is -0.496 e. The summed E-state index contributed by atoms with van der Waals surface area (Å²) in [7, 11) is 1.67. The van der Waals surface area contributed by atoms with Gasteiger partial charge in [-0.25, -0.2) is 9.97 Å². The molecule has 0 aliphatic heterocycles. The fourth-order valence-corrected chi connectivity index (χ4v) is 2.06. The molecule has 1 aromatic carbocycles. The van der Waals surface area contributed by atoms with E-state index in [1.54, 1.807) is 7.11 Å². The van der Waals surface area contributed by atoms with Crippen LogP contribution in [0.15, 0.2) is 24.5 Å². The van der Waals surface area contributed by atoms with Gasteiger partial charge in [0.1, 0.15) is 12.1 Å². The van der Waals surface area contributed by atoms with Crippen LogP contribution in [0.1, 0.15) is 16.8 Å². The van der Waals surface area contributed by atoms with Crippen LogP contribution in [0, 0.1) is 13.8 Å². The van der Waals surface area contributed by atoms with E-state index in [4.69, 9.17) is 10.5 Å². The Kier molecular flexibility index (Phi) is 3.58. The second-order valence-electron chi connectivity index (χ2n) is 4.26. The second-order valence-corrected chi connectivity index (χ2v) is 4.26. The fourth-order valence-electron chi connectivity index (χ4n) is 2.06. The molecule has 0 amide bonds. The van der Waals surface area contributed by atoms with Crippen molar-refractivity contribution in [1.82, 2.24) is 9.97 Å². The van der Waals surface area contributed by atoms with Crippen LogP contribution in [0.4, 0.5) is 0 Å². The number of aromatic nitrogens is 2. The van der Waals surface area contributed by atoms with Gasteiger partial charge in [0.15, 0.2) is 0 Å². The van der Waals surface area contributed by atoms with Gasteiger partial charge in [0.05, 0.1) is 18.5 Å². The summed E-state index contributed by atoms with van der Waals surface area (Å²) < 4.78 is 5.44. The molecule has 4 nitrogen and oxygen atoms in total. The van der Waals surface area contributed by atoms with E-state index < -0.39 is 0 Å². The van der Waals surface area contributed by atoms with Gasteiger partial charge in [-0.2, -0.15) is 0 Å². The molecule has 1 heterocycles. The Morgan fingerprint density at radius 1 is 1.17 bits per heavy atom. The predicted octanol–water partition coefficient (Wildman–Crippen LogP) is 2.23. The molecule has 1 aromatic heterocycles. The van der Waals surface area contributed by atoms with Gasteiger partial charge in [0.2, 0.25) is 0 Å². The average molecular weight is 243 g/mol. The minimum atomic E-state index is 0.406.